The van der Waals surface area contributed by atoms with Crippen LogP contribution in [-0.2, 0) is 12.8 Å². The van der Waals surface area contributed by atoms with Crippen LogP contribution < -0.4 is 20.7 Å². The fourth-order valence-corrected chi connectivity index (χ4v) is 2.89. The first kappa shape index (κ1) is 18.8. The molecule has 0 unspecified atom stereocenters. The van der Waals surface area contributed by atoms with Gasteiger partial charge >= 0.3 is 0 Å². The van der Waals surface area contributed by atoms with Crippen LogP contribution in [-0.4, -0.2) is 44.7 Å². The van der Waals surface area contributed by atoms with Crippen molar-refractivity contribution in [1.29, 1.82) is 0 Å². The Morgan fingerprint density at radius 3 is 2.89 bits per heavy atom. The Labute approximate surface area is 159 Å². The molecule has 0 saturated carbocycles. The Bertz CT molecular complexity index is 772. The minimum Gasteiger partial charge on any atom is -0.493 e. The van der Waals surface area contributed by atoms with Crippen LogP contribution in [0.2, 0.25) is 0 Å². The molecule has 144 valence electrons. The van der Waals surface area contributed by atoms with Crippen molar-refractivity contribution >= 4 is 11.9 Å². The zero-order valence-electron chi connectivity index (χ0n) is 15.6. The number of aliphatic imine (C=N–C) groups is 1. The number of hydrogen-bond donors (Lipinski definition) is 3. The van der Waals surface area contributed by atoms with Crippen molar-refractivity contribution in [2.24, 2.45) is 4.99 Å². The van der Waals surface area contributed by atoms with Gasteiger partial charge in [-0.3, -0.25) is 9.79 Å². The molecule has 0 saturated heterocycles. The van der Waals surface area contributed by atoms with Crippen molar-refractivity contribution < 1.29 is 13.9 Å². The second-order valence-corrected chi connectivity index (χ2v) is 6.21. The Morgan fingerprint density at radius 2 is 2.07 bits per heavy atom. The molecule has 0 atom stereocenters. The second kappa shape index (κ2) is 9.66. The van der Waals surface area contributed by atoms with Crippen LogP contribution in [0.15, 0.2) is 46.0 Å². The van der Waals surface area contributed by atoms with E-state index in [1.54, 1.807) is 12.1 Å². The average molecular weight is 370 g/mol. The number of nitrogens with zero attached hydrogens (tertiary/aromatic N) is 1. The molecule has 3 N–H and O–H groups in total. The molecule has 3 rings (SSSR count). The molecule has 7 heteroatoms. The lowest BCUT2D eigenvalue weighted by atomic mass is 10.1. The van der Waals surface area contributed by atoms with Gasteiger partial charge < -0.3 is 25.1 Å². The maximum absolute atomic E-state index is 11.8. The van der Waals surface area contributed by atoms with Crippen LogP contribution in [0.25, 0.3) is 0 Å². The number of carbonyl (C=O) groups excluding carboxylic acids is 1. The van der Waals surface area contributed by atoms with Crippen molar-refractivity contribution in [3.05, 3.63) is 53.5 Å². The molecular weight excluding hydrogens is 344 g/mol. The molecule has 0 radical (unpaired) electrons. The van der Waals surface area contributed by atoms with Gasteiger partial charge in [-0.1, -0.05) is 12.1 Å². The Balaban J connectivity index is 1.41. The number of fused-ring (bicyclic) bond motifs is 1. The smallest absolute Gasteiger partial charge is 0.287 e. The van der Waals surface area contributed by atoms with Crippen LogP contribution in [0.1, 0.15) is 28.6 Å². The molecule has 2 aromatic rings. The summed E-state index contributed by atoms with van der Waals surface area (Å²) in [6.45, 7) is 5.33. The number of benzene rings is 1. The maximum Gasteiger partial charge on any atom is 0.287 e. The first-order valence-corrected chi connectivity index (χ1v) is 9.34. The van der Waals surface area contributed by atoms with Crippen molar-refractivity contribution in [3.8, 4) is 5.75 Å². The van der Waals surface area contributed by atoms with Crippen molar-refractivity contribution in [1.82, 2.24) is 16.0 Å². The van der Waals surface area contributed by atoms with E-state index in [0.29, 0.717) is 25.4 Å². The van der Waals surface area contributed by atoms with Crippen molar-refractivity contribution in [3.63, 3.8) is 0 Å². The van der Waals surface area contributed by atoms with Gasteiger partial charge in [0.15, 0.2) is 11.7 Å². The van der Waals surface area contributed by atoms with Gasteiger partial charge in [0, 0.05) is 32.6 Å². The van der Waals surface area contributed by atoms with Crippen LogP contribution in [0.4, 0.5) is 0 Å². The number of hydrogen-bond acceptors (Lipinski definition) is 4. The number of ether oxygens (including phenoxy) is 1. The lowest BCUT2D eigenvalue weighted by Gasteiger charge is -2.11. The van der Waals surface area contributed by atoms with E-state index >= 15 is 0 Å². The molecule has 27 heavy (non-hydrogen) atoms. The predicted octanol–water partition coefficient (Wildman–Crippen LogP) is 1.74. The molecule has 2 heterocycles. The first-order chi connectivity index (χ1) is 13.3. The highest BCUT2D eigenvalue weighted by molar-refractivity contribution is 5.91. The summed E-state index contributed by atoms with van der Waals surface area (Å²) in [5, 5.41) is 9.24. The molecule has 0 aliphatic carbocycles. The number of guanidine groups is 1. The number of nitrogens with one attached hydrogen (secondary N) is 3. The van der Waals surface area contributed by atoms with Gasteiger partial charge in [-0.05, 0) is 42.7 Å². The van der Waals surface area contributed by atoms with Crippen LogP contribution >= 0.6 is 0 Å². The molecule has 1 amide bonds. The van der Waals surface area contributed by atoms with Crippen molar-refractivity contribution in [2.45, 2.75) is 19.8 Å². The van der Waals surface area contributed by atoms with E-state index in [0.717, 1.165) is 37.7 Å². The summed E-state index contributed by atoms with van der Waals surface area (Å²) >= 11 is 0. The topological polar surface area (TPSA) is 87.9 Å². The monoisotopic (exact) mass is 370 g/mol. The van der Waals surface area contributed by atoms with Gasteiger partial charge in [0.25, 0.3) is 5.91 Å². The number of furan rings is 1. The fourth-order valence-electron chi connectivity index (χ4n) is 2.89. The molecule has 0 spiro atoms. The summed E-state index contributed by atoms with van der Waals surface area (Å²) < 4.78 is 10.6. The van der Waals surface area contributed by atoms with E-state index in [9.17, 15) is 4.79 Å². The summed E-state index contributed by atoms with van der Waals surface area (Å²) in [5.74, 6) is 1.85. The van der Waals surface area contributed by atoms with E-state index in [1.165, 1.54) is 17.4 Å². The Hall–Kier alpha value is -2.96. The maximum atomic E-state index is 11.8. The summed E-state index contributed by atoms with van der Waals surface area (Å²) in [6.07, 6.45) is 3.34. The Morgan fingerprint density at radius 1 is 1.19 bits per heavy atom. The van der Waals surface area contributed by atoms with E-state index in [-0.39, 0.29) is 5.91 Å². The summed E-state index contributed by atoms with van der Waals surface area (Å²) in [4.78, 5) is 16.4. The summed E-state index contributed by atoms with van der Waals surface area (Å²) in [7, 11) is 0. The van der Waals surface area contributed by atoms with E-state index in [1.807, 2.05) is 13.0 Å². The third-order valence-electron chi connectivity index (χ3n) is 4.22. The van der Waals surface area contributed by atoms with Gasteiger partial charge in [-0.25, -0.2) is 0 Å². The Kier molecular flexibility index (Phi) is 6.73. The van der Waals surface area contributed by atoms with E-state index < -0.39 is 0 Å². The lowest BCUT2D eigenvalue weighted by Crippen LogP contribution is -2.41. The third-order valence-corrected chi connectivity index (χ3v) is 4.22. The molecule has 1 aliphatic heterocycles. The highest BCUT2D eigenvalue weighted by Crippen LogP contribution is 2.25. The minimum atomic E-state index is -0.218. The van der Waals surface area contributed by atoms with Crippen LogP contribution in [0.3, 0.4) is 0 Å². The van der Waals surface area contributed by atoms with Crippen LogP contribution in [0.5, 0.6) is 5.75 Å². The van der Waals surface area contributed by atoms with Gasteiger partial charge in [0.1, 0.15) is 5.75 Å². The number of carbonyl (C=O) groups is 1. The minimum absolute atomic E-state index is 0.218. The molecule has 0 fully saturated rings. The standard InChI is InChI=1S/C20H26N4O3/c1-2-21-20(24-11-10-22-19(25)18-4-3-12-26-18)23-9-7-15-5-6-17-16(14-15)8-13-27-17/h3-6,12,14H,2,7-11,13H2,1H3,(H,22,25)(H2,21,23,24). The van der Waals surface area contributed by atoms with Gasteiger partial charge in [0.2, 0.25) is 0 Å². The molecule has 7 nitrogen and oxygen atoms in total. The average Bonchev–Trinajstić information content (AvgIpc) is 3.36. The van der Waals surface area contributed by atoms with E-state index in [2.05, 4.69) is 33.1 Å². The molecule has 1 aromatic carbocycles. The fraction of sp³-hybridized carbons (Fsp3) is 0.400. The normalized spacial score (nSPS) is 13.0. The zero-order valence-corrected chi connectivity index (χ0v) is 15.6. The number of amides is 1. The summed E-state index contributed by atoms with van der Waals surface area (Å²) in [6, 6.07) is 9.69. The highest BCUT2D eigenvalue weighted by Gasteiger charge is 2.11. The summed E-state index contributed by atoms with van der Waals surface area (Å²) in [5.41, 5.74) is 2.55. The molecule has 0 bridgehead atoms. The first-order valence-electron chi connectivity index (χ1n) is 9.34. The highest BCUT2D eigenvalue weighted by atomic mass is 16.5. The molecule has 1 aromatic heterocycles. The van der Waals surface area contributed by atoms with E-state index in [4.69, 9.17) is 9.15 Å². The molecular formula is C20H26N4O3. The molecule has 1 aliphatic rings. The van der Waals surface area contributed by atoms with Gasteiger partial charge in [-0.15, -0.1) is 0 Å². The van der Waals surface area contributed by atoms with Gasteiger partial charge in [-0.2, -0.15) is 0 Å². The quantitative estimate of drug-likeness (QED) is 0.374. The van der Waals surface area contributed by atoms with Crippen LogP contribution in [0, 0.1) is 0 Å². The second-order valence-electron chi connectivity index (χ2n) is 6.21. The predicted molar refractivity (Wildman–Crippen MR) is 104 cm³/mol. The third kappa shape index (κ3) is 5.51. The lowest BCUT2D eigenvalue weighted by molar-refractivity contribution is 0.0926. The van der Waals surface area contributed by atoms with Gasteiger partial charge in [0.05, 0.1) is 12.9 Å². The SMILES string of the molecule is CCNC(=NCCc1ccc2c(c1)CCO2)NCCNC(=O)c1ccco1. The van der Waals surface area contributed by atoms with Crippen molar-refractivity contribution in [2.75, 3.05) is 32.8 Å². The number of rotatable bonds is 8. The zero-order chi connectivity index (χ0) is 18.9. The largest absolute Gasteiger partial charge is 0.493 e.